The van der Waals surface area contributed by atoms with E-state index in [1.807, 2.05) is 27.7 Å². The van der Waals surface area contributed by atoms with E-state index in [1.165, 1.54) is 7.11 Å². The summed E-state index contributed by atoms with van der Waals surface area (Å²) >= 11 is 0. The van der Waals surface area contributed by atoms with E-state index in [1.54, 1.807) is 0 Å². The number of ketones is 1. The lowest BCUT2D eigenvalue weighted by molar-refractivity contribution is -0.135. The second-order valence-corrected chi connectivity index (χ2v) is 4.40. The number of Topliss-reactive ketones (excluding diaryl/α,β-unsaturated/α-hetero) is 1. The van der Waals surface area contributed by atoms with E-state index in [0.29, 0.717) is 5.76 Å². The first-order valence-electron chi connectivity index (χ1n) is 5.79. The summed E-state index contributed by atoms with van der Waals surface area (Å²) in [4.78, 5) is 23.0. The fourth-order valence-electron chi connectivity index (χ4n) is 1.39. The third kappa shape index (κ3) is 3.12. The lowest BCUT2D eigenvalue weighted by atomic mass is 9.94. The van der Waals surface area contributed by atoms with Gasteiger partial charge in [0.2, 0.25) is 11.5 Å². The van der Waals surface area contributed by atoms with E-state index in [0.717, 1.165) is 6.08 Å². The van der Waals surface area contributed by atoms with Crippen LogP contribution in [0.4, 0.5) is 0 Å². The molecule has 0 saturated carbocycles. The van der Waals surface area contributed by atoms with Gasteiger partial charge in [-0.25, -0.2) is 4.79 Å². The van der Waals surface area contributed by atoms with E-state index in [4.69, 9.17) is 9.47 Å². The highest BCUT2D eigenvalue weighted by atomic mass is 16.5. The van der Waals surface area contributed by atoms with Gasteiger partial charge in [0.1, 0.15) is 0 Å². The molecule has 0 saturated heterocycles. The van der Waals surface area contributed by atoms with Crippen LogP contribution in [-0.4, -0.2) is 31.1 Å². The summed E-state index contributed by atoms with van der Waals surface area (Å²) < 4.78 is 15.3. The predicted molar refractivity (Wildman–Crippen MR) is 64.6 cm³/mol. The first-order chi connectivity index (χ1) is 8.36. The van der Waals surface area contributed by atoms with Crippen molar-refractivity contribution in [3.8, 4) is 0 Å². The molecule has 0 aromatic heterocycles. The summed E-state index contributed by atoms with van der Waals surface area (Å²) in [6, 6.07) is 0. The van der Waals surface area contributed by atoms with Gasteiger partial charge in [0, 0.05) is 6.08 Å². The van der Waals surface area contributed by atoms with Gasteiger partial charge in [-0.15, -0.1) is 0 Å². The van der Waals surface area contributed by atoms with Crippen molar-refractivity contribution in [3.05, 3.63) is 23.2 Å². The van der Waals surface area contributed by atoms with Crippen molar-refractivity contribution >= 4 is 11.8 Å². The average molecular weight is 254 g/mol. The number of allylic oxidation sites excluding steroid dienone is 2. The second-order valence-electron chi connectivity index (χ2n) is 4.40. The third-order valence-corrected chi connectivity index (χ3v) is 2.07. The van der Waals surface area contributed by atoms with Gasteiger partial charge in [-0.3, -0.25) is 4.79 Å². The average Bonchev–Trinajstić information content (AvgIpc) is 2.30. The van der Waals surface area contributed by atoms with Crippen LogP contribution in [0, 0.1) is 0 Å². The molecule has 0 radical (unpaired) electrons. The quantitative estimate of drug-likeness (QED) is 0.552. The molecule has 0 aliphatic heterocycles. The molecule has 0 heterocycles. The molecule has 0 spiro atoms. The fraction of sp³-hybridized carbons (Fsp3) is 0.538. The third-order valence-electron chi connectivity index (χ3n) is 2.07. The summed E-state index contributed by atoms with van der Waals surface area (Å²) in [5.41, 5.74) is 0.200. The monoisotopic (exact) mass is 254 g/mol. The Hall–Kier alpha value is -1.78. The van der Waals surface area contributed by atoms with Gasteiger partial charge in [0.05, 0.1) is 24.9 Å². The maximum Gasteiger partial charge on any atom is 0.331 e. The zero-order valence-electron chi connectivity index (χ0n) is 11.3. The zero-order valence-corrected chi connectivity index (χ0v) is 11.3. The van der Waals surface area contributed by atoms with Gasteiger partial charge in [-0.05, 0) is 27.7 Å². The highest BCUT2D eigenvalue weighted by Crippen LogP contribution is 2.33. The number of carbonyl (C=O) groups is 2. The summed E-state index contributed by atoms with van der Waals surface area (Å²) in [6.45, 7) is 7.29. The predicted octanol–water partition coefficient (Wildman–Crippen LogP) is 1.73. The second kappa shape index (κ2) is 5.71. The molecule has 1 rings (SSSR count). The number of hydrogen-bond acceptors (Lipinski definition) is 5. The Balaban J connectivity index is 3.02. The summed E-state index contributed by atoms with van der Waals surface area (Å²) in [5.74, 6) is -0.417. The van der Waals surface area contributed by atoms with Crippen molar-refractivity contribution in [1.82, 2.24) is 0 Å². The maximum absolute atomic E-state index is 11.8. The van der Waals surface area contributed by atoms with Gasteiger partial charge >= 0.3 is 5.97 Å². The van der Waals surface area contributed by atoms with E-state index < -0.39 is 5.97 Å². The smallest absolute Gasteiger partial charge is 0.331 e. The Morgan fingerprint density at radius 1 is 1.06 bits per heavy atom. The Bertz CT molecular complexity index is 415. The van der Waals surface area contributed by atoms with Crippen LogP contribution in [0.25, 0.3) is 0 Å². The largest absolute Gasteiger partial charge is 0.486 e. The van der Waals surface area contributed by atoms with E-state index >= 15 is 0 Å². The van der Waals surface area contributed by atoms with Crippen LogP contribution in [-0.2, 0) is 23.8 Å². The van der Waals surface area contributed by atoms with Crippen molar-refractivity contribution in [3.63, 3.8) is 0 Å². The fourth-order valence-corrected chi connectivity index (χ4v) is 1.39. The number of methoxy groups -OCH3 is 1. The molecular weight excluding hydrogens is 236 g/mol. The minimum absolute atomic E-state index is 0.111. The highest BCUT2D eigenvalue weighted by Gasteiger charge is 2.39. The molecule has 5 nitrogen and oxygen atoms in total. The Morgan fingerprint density at radius 2 is 1.56 bits per heavy atom. The van der Waals surface area contributed by atoms with Crippen molar-refractivity contribution in [2.45, 2.75) is 39.9 Å². The Kier molecular flexibility index (Phi) is 4.53. The number of esters is 1. The molecule has 1 aliphatic rings. The van der Waals surface area contributed by atoms with Crippen molar-refractivity contribution in [2.75, 3.05) is 7.11 Å². The number of ether oxygens (including phenoxy) is 3. The molecule has 18 heavy (non-hydrogen) atoms. The molecule has 0 amide bonds. The standard InChI is InChI=1S/C13H18O5/c1-7(2)17-12-9(6-10(14)16-5)11(15)13(12)18-8(3)4/h6-8H,1-5H3/b9-6-. The number of carbonyl (C=O) groups excluding carboxylic acids is 2. The summed E-state index contributed by atoms with van der Waals surface area (Å²) in [5, 5.41) is 0. The van der Waals surface area contributed by atoms with Crippen LogP contribution < -0.4 is 0 Å². The Labute approximate surface area is 106 Å². The normalized spacial score (nSPS) is 17.3. The lowest BCUT2D eigenvalue weighted by Crippen LogP contribution is -2.29. The van der Waals surface area contributed by atoms with Gasteiger partial charge in [-0.2, -0.15) is 0 Å². The molecule has 1 aliphatic carbocycles. The SMILES string of the molecule is COC(=O)/C=C1/C(=O)C(OC(C)C)=C1OC(C)C. The molecule has 0 aromatic rings. The van der Waals surface area contributed by atoms with E-state index in [2.05, 4.69) is 4.74 Å². The molecular formula is C13H18O5. The Morgan fingerprint density at radius 3 is 2.00 bits per heavy atom. The van der Waals surface area contributed by atoms with Crippen molar-refractivity contribution < 1.29 is 23.8 Å². The maximum atomic E-state index is 11.8. The number of rotatable bonds is 5. The molecule has 0 aromatic carbocycles. The van der Waals surface area contributed by atoms with Crippen LogP contribution in [0.3, 0.4) is 0 Å². The molecule has 0 bridgehead atoms. The summed E-state index contributed by atoms with van der Waals surface area (Å²) in [6.07, 6.45) is 0.877. The van der Waals surface area contributed by atoms with Crippen LogP contribution in [0.5, 0.6) is 0 Å². The molecule has 0 atom stereocenters. The minimum atomic E-state index is -0.591. The molecule has 0 unspecified atom stereocenters. The van der Waals surface area contributed by atoms with Crippen LogP contribution in [0.1, 0.15) is 27.7 Å². The molecule has 5 heteroatoms. The van der Waals surface area contributed by atoms with Crippen molar-refractivity contribution in [2.24, 2.45) is 0 Å². The summed E-state index contributed by atoms with van der Waals surface area (Å²) in [7, 11) is 1.25. The highest BCUT2D eigenvalue weighted by molar-refractivity contribution is 6.19. The van der Waals surface area contributed by atoms with E-state index in [9.17, 15) is 9.59 Å². The van der Waals surface area contributed by atoms with Crippen LogP contribution in [0.15, 0.2) is 23.2 Å². The first-order valence-corrected chi connectivity index (χ1v) is 5.79. The lowest BCUT2D eigenvalue weighted by Gasteiger charge is -2.27. The molecule has 0 N–H and O–H groups in total. The molecule has 100 valence electrons. The van der Waals surface area contributed by atoms with Crippen molar-refractivity contribution in [1.29, 1.82) is 0 Å². The van der Waals surface area contributed by atoms with Crippen LogP contribution in [0.2, 0.25) is 0 Å². The first kappa shape index (κ1) is 14.3. The zero-order chi connectivity index (χ0) is 13.9. The van der Waals surface area contributed by atoms with Gasteiger partial charge in [0.15, 0.2) is 5.76 Å². The van der Waals surface area contributed by atoms with E-state index in [-0.39, 0.29) is 29.3 Å². The van der Waals surface area contributed by atoms with Gasteiger partial charge in [-0.1, -0.05) is 0 Å². The topological polar surface area (TPSA) is 61.8 Å². The van der Waals surface area contributed by atoms with Gasteiger partial charge in [0.25, 0.3) is 0 Å². The van der Waals surface area contributed by atoms with Crippen LogP contribution >= 0.6 is 0 Å². The molecule has 0 fully saturated rings. The van der Waals surface area contributed by atoms with Gasteiger partial charge < -0.3 is 14.2 Å². The minimum Gasteiger partial charge on any atom is -0.486 e. The number of hydrogen-bond donors (Lipinski definition) is 0.